The Balaban J connectivity index is 2.22. The van der Waals surface area contributed by atoms with Crippen molar-refractivity contribution in [3.63, 3.8) is 0 Å². The molecular formula is C14H14O4. The van der Waals surface area contributed by atoms with Crippen LogP contribution in [0.5, 0.6) is 23.0 Å². The van der Waals surface area contributed by atoms with E-state index in [1.165, 1.54) is 18.2 Å². The Morgan fingerprint density at radius 3 is 2.33 bits per heavy atom. The van der Waals surface area contributed by atoms with Crippen LogP contribution in [0.15, 0.2) is 42.5 Å². The molecule has 0 aromatic heterocycles. The monoisotopic (exact) mass is 246 g/mol. The van der Waals surface area contributed by atoms with Crippen LogP contribution in [0.1, 0.15) is 18.6 Å². The van der Waals surface area contributed by atoms with Gasteiger partial charge in [-0.2, -0.15) is 0 Å². The van der Waals surface area contributed by atoms with Gasteiger partial charge in [0.25, 0.3) is 0 Å². The van der Waals surface area contributed by atoms with Crippen molar-refractivity contribution in [1.82, 2.24) is 0 Å². The zero-order chi connectivity index (χ0) is 13.1. The van der Waals surface area contributed by atoms with Crippen LogP contribution in [0.3, 0.4) is 0 Å². The van der Waals surface area contributed by atoms with Crippen LogP contribution in [0, 0.1) is 0 Å². The van der Waals surface area contributed by atoms with Gasteiger partial charge in [0.2, 0.25) is 0 Å². The standard InChI is InChI=1S/C14H14O4/c1-9(11-7-6-10(15)8-13(11)17)18-14-5-3-2-4-12(14)16/h2-9,15-17H,1H3. The molecule has 0 radical (unpaired) electrons. The van der Waals surface area contributed by atoms with Crippen LogP contribution in [0.4, 0.5) is 0 Å². The van der Waals surface area contributed by atoms with Crippen LogP contribution in [0.25, 0.3) is 0 Å². The van der Waals surface area contributed by atoms with Gasteiger partial charge in [0, 0.05) is 11.6 Å². The molecule has 0 aliphatic carbocycles. The van der Waals surface area contributed by atoms with Crippen molar-refractivity contribution in [2.24, 2.45) is 0 Å². The highest BCUT2D eigenvalue weighted by Crippen LogP contribution is 2.33. The first-order valence-corrected chi connectivity index (χ1v) is 5.54. The lowest BCUT2D eigenvalue weighted by atomic mass is 10.1. The minimum atomic E-state index is -0.445. The van der Waals surface area contributed by atoms with E-state index in [1.807, 2.05) is 0 Å². The average Bonchev–Trinajstić information content (AvgIpc) is 2.32. The average molecular weight is 246 g/mol. The lowest BCUT2D eigenvalue weighted by Crippen LogP contribution is -2.03. The summed E-state index contributed by atoms with van der Waals surface area (Å²) >= 11 is 0. The topological polar surface area (TPSA) is 69.9 Å². The highest BCUT2D eigenvalue weighted by molar-refractivity contribution is 5.42. The van der Waals surface area contributed by atoms with Crippen molar-refractivity contribution in [2.75, 3.05) is 0 Å². The first-order chi connectivity index (χ1) is 8.58. The first kappa shape index (κ1) is 12.1. The second kappa shape index (κ2) is 4.87. The Hall–Kier alpha value is -2.36. The van der Waals surface area contributed by atoms with Gasteiger partial charge in [-0.25, -0.2) is 0 Å². The molecule has 0 spiro atoms. The fourth-order valence-electron chi connectivity index (χ4n) is 1.69. The summed E-state index contributed by atoms with van der Waals surface area (Å²) in [5.41, 5.74) is 0.538. The molecule has 2 aromatic carbocycles. The molecule has 2 rings (SSSR count). The summed E-state index contributed by atoms with van der Waals surface area (Å²) in [5.74, 6) is 0.337. The Morgan fingerprint density at radius 1 is 0.944 bits per heavy atom. The van der Waals surface area contributed by atoms with E-state index < -0.39 is 6.10 Å². The highest BCUT2D eigenvalue weighted by Gasteiger charge is 2.14. The van der Waals surface area contributed by atoms with E-state index in [0.29, 0.717) is 11.3 Å². The molecule has 0 fully saturated rings. The fourth-order valence-corrected chi connectivity index (χ4v) is 1.69. The number of ether oxygens (including phenoxy) is 1. The normalized spacial score (nSPS) is 12.1. The van der Waals surface area contributed by atoms with E-state index in [0.717, 1.165) is 0 Å². The van der Waals surface area contributed by atoms with Crippen molar-refractivity contribution in [3.05, 3.63) is 48.0 Å². The number of phenolic OH excluding ortho intramolecular Hbond substituents is 3. The van der Waals surface area contributed by atoms with E-state index in [1.54, 1.807) is 31.2 Å². The molecule has 1 unspecified atom stereocenters. The number of phenols is 3. The molecular weight excluding hydrogens is 232 g/mol. The minimum Gasteiger partial charge on any atom is -0.508 e. The summed E-state index contributed by atoms with van der Waals surface area (Å²) in [6.45, 7) is 1.75. The van der Waals surface area contributed by atoms with Crippen molar-refractivity contribution in [1.29, 1.82) is 0 Å². The Morgan fingerprint density at radius 2 is 1.67 bits per heavy atom. The first-order valence-electron chi connectivity index (χ1n) is 5.54. The maximum absolute atomic E-state index is 9.71. The van der Waals surface area contributed by atoms with Gasteiger partial charge < -0.3 is 20.1 Å². The van der Waals surface area contributed by atoms with Gasteiger partial charge >= 0.3 is 0 Å². The lowest BCUT2D eigenvalue weighted by molar-refractivity contribution is 0.213. The fraction of sp³-hybridized carbons (Fsp3) is 0.143. The Bertz CT molecular complexity index is 551. The van der Waals surface area contributed by atoms with Crippen LogP contribution >= 0.6 is 0 Å². The van der Waals surface area contributed by atoms with E-state index in [4.69, 9.17) is 4.74 Å². The predicted octanol–water partition coefficient (Wildman–Crippen LogP) is 2.94. The molecule has 0 bridgehead atoms. The number of benzene rings is 2. The van der Waals surface area contributed by atoms with Gasteiger partial charge in [-0.15, -0.1) is 0 Å². The molecule has 0 aliphatic heterocycles. The number of para-hydroxylation sites is 2. The van der Waals surface area contributed by atoms with Gasteiger partial charge in [-0.05, 0) is 31.2 Å². The number of rotatable bonds is 3. The molecule has 2 aromatic rings. The third-order valence-corrected chi connectivity index (χ3v) is 2.62. The highest BCUT2D eigenvalue weighted by atomic mass is 16.5. The van der Waals surface area contributed by atoms with Crippen molar-refractivity contribution in [3.8, 4) is 23.0 Å². The summed E-state index contributed by atoms with van der Waals surface area (Å²) in [5, 5.41) is 28.5. The van der Waals surface area contributed by atoms with Crippen LogP contribution in [-0.4, -0.2) is 15.3 Å². The van der Waals surface area contributed by atoms with Crippen LogP contribution < -0.4 is 4.74 Å². The van der Waals surface area contributed by atoms with Gasteiger partial charge in [0.05, 0.1) is 0 Å². The number of hydrogen-bond donors (Lipinski definition) is 3. The van der Waals surface area contributed by atoms with Crippen molar-refractivity contribution in [2.45, 2.75) is 13.0 Å². The van der Waals surface area contributed by atoms with Gasteiger partial charge in [0.15, 0.2) is 11.5 Å². The van der Waals surface area contributed by atoms with Crippen molar-refractivity contribution < 1.29 is 20.1 Å². The molecule has 94 valence electrons. The quantitative estimate of drug-likeness (QED) is 0.778. The number of hydrogen-bond acceptors (Lipinski definition) is 4. The summed E-state index contributed by atoms with van der Waals surface area (Å²) < 4.78 is 5.56. The van der Waals surface area contributed by atoms with Gasteiger partial charge in [0.1, 0.15) is 17.6 Å². The second-order valence-corrected chi connectivity index (χ2v) is 3.97. The lowest BCUT2D eigenvalue weighted by Gasteiger charge is -2.17. The van der Waals surface area contributed by atoms with Crippen LogP contribution in [-0.2, 0) is 0 Å². The third kappa shape index (κ3) is 2.48. The van der Waals surface area contributed by atoms with E-state index >= 15 is 0 Å². The Kier molecular flexibility index (Phi) is 3.28. The van der Waals surface area contributed by atoms with Crippen molar-refractivity contribution >= 4 is 0 Å². The van der Waals surface area contributed by atoms with E-state index in [2.05, 4.69) is 0 Å². The molecule has 1 atom stereocenters. The second-order valence-electron chi connectivity index (χ2n) is 3.97. The van der Waals surface area contributed by atoms with Gasteiger partial charge in [-0.3, -0.25) is 0 Å². The van der Waals surface area contributed by atoms with Crippen LogP contribution in [0.2, 0.25) is 0 Å². The molecule has 18 heavy (non-hydrogen) atoms. The molecule has 4 heteroatoms. The molecule has 3 N–H and O–H groups in total. The Labute approximate surface area is 105 Å². The van der Waals surface area contributed by atoms with Gasteiger partial charge in [-0.1, -0.05) is 12.1 Å². The molecule has 0 amide bonds. The number of aromatic hydroxyl groups is 3. The smallest absolute Gasteiger partial charge is 0.161 e. The summed E-state index contributed by atoms with van der Waals surface area (Å²) in [7, 11) is 0. The maximum atomic E-state index is 9.71. The summed E-state index contributed by atoms with van der Waals surface area (Å²) in [6, 6.07) is 10.9. The summed E-state index contributed by atoms with van der Waals surface area (Å²) in [6.07, 6.45) is -0.445. The maximum Gasteiger partial charge on any atom is 0.161 e. The summed E-state index contributed by atoms with van der Waals surface area (Å²) in [4.78, 5) is 0. The van der Waals surface area contributed by atoms with E-state index in [9.17, 15) is 15.3 Å². The molecule has 0 saturated carbocycles. The SMILES string of the molecule is CC(Oc1ccccc1O)c1ccc(O)cc1O. The molecule has 0 aliphatic rings. The zero-order valence-corrected chi connectivity index (χ0v) is 9.87. The minimum absolute atomic E-state index is 0.00833. The molecule has 0 heterocycles. The molecule has 4 nitrogen and oxygen atoms in total. The molecule has 0 saturated heterocycles. The largest absolute Gasteiger partial charge is 0.508 e. The van der Waals surface area contributed by atoms with E-state index in [-0.39, 0.29) is 17.2 Å². The zero-order valence-electron chi connectivity index (χ0n) is 9.87. The third-order valence-electron chi connectivity index (χ3n) is 2.62. The predicted molar refractivity (Wildman–Crippen MR) is 66.9 cm³/mol.